The van der Waals surface area contributed by atoms with E-state index in [0.717, 1.165) is 38.5 Å². The topological polar surface area (TPSA) is 60.7 Å². The molecule has 5 aliphatic carbocycles. The van der Waals surface area contributed by atoms with Gasteiger partial charge in [0, 0.05) is 10.8 Å². The number of hydrogen-bond donors (Lipinski definition) is 3. The van der Waals surface area contributed by atoms with Gasteiger partial charge < -0.3 is 15.3 Å². The SMILES string of the molecule is C[C@]12CC[C@H]3[C@@H](CC[C@]45C[C@H](O)CC[C@]34[C@H]5O)[C@@H]1CC[C@@H]2O. The molecule has 0 aromatic rings. The Hall–Kier alpha value is -0.120. The molecule has 124 valence electrons. The summed E-state index contributed by atoms with van der Waals surface area (Å²) in [6, 6.07) is 0. The van der Waals surface area contributed by atoms with Gasteiger partial charge in [0.1, 0.15) is 0 Å². The average Bonchev–Trinajstić information content (AvgIpc) is 2.89. The van der Waals surface area contributed by atoms with Crippen LogP contribution in [0, 0.1) is 34.0 Å². The van der Waals surface area contributed by atoms with Crippen molar-refractivity contribution < 1.29 is 15.3 Å². The van der Waals surface area contributed by atoms with Crippen molar-refractivity contribution in [3.05, 3.63) is 0 Å². The fraction of sp³-hybridized carbons (Fsp3) is 1.00. The molecular weight excluding hydrogens is 276 g/mol. The predicted octanol–water partition coefficient (Wildman–Crippen LogP) is 2.48. The maximum atomic E-state index is 10.9. The van der Waals surface area contributed by atoms with Crippen molar-refractivity contribution >= 4 is 0 Å². The van der Waals surface area contributed by atoms with Gasteiger partial charge >= 0.3 is 0 Å². The molecule has 5 rings (SSSR count). The lowest BCUT2D eigenvalue weighted by Crippen LogP contribution is -2.50. The molecule has 9 atom stereocenters. The first-order valence-electron chi connectivity index (χ1n) is 9.50. The fourth-order valence-corrected chi connectivity index (χ4v) is 8.24. The second kappa shape index (κ2) is 4.10. The third-order valence-electron chi connectivity index (χ3n) is 9.32. The van der Waals surface area contributed by atoms with Crippen molar-refractivity contribution in [1.29, 1.82) is 0 Å². The van der Waals surface area contributed by atoms with Crippen LogP contribution < -0.4 is 0 Å². The minimum atomic E-state index is -0.191. The summed E-state index contributed by atoms with van der Waals surface area (Å²) in [6.45, 7) is 2.32. The van der Waals surface area contributed by atoms with Gasteiger partial charge in [-0.05, 0) is 81.0 Å². The molecule has 0 unspecified atom stereocenters. The van der Waals surface area contributed by atoms with E-state index in [1.54, 1.807) is 0 Å². The highest BCUT2D eigenvalue weighted by atomic mass is 16.3. The molecule has 0 aromatic carbocycles. The summed E-state index contributed by atoms with van der Waals surface area (Å²) in [4.78, 5) is 0. The molecule has 5 fully saturated rings. The Bertz CT molecular complexity index is 507. The van der Waals surface area contributed by atoms with Crippen LogP contribution in [-0.4, -0.2) is 33.6 Å². The second-order valence-corrected chi connectivity index (χ2v) is 9.55. The van der Waals surface area contributed by atoms with Crippen molar-refractivity contribution in [2.75, 3.05) is 0 Å². The summed E-state index contributed by atoms with van der Waals surface area (Å²) in [5.74, 6) is 2.01. The number of aliphatic hydroxyl groups excluding tert-OH is 3. The highest BCUT2D eigenvalue weighted by Gasteiger charge is 2.82. The normalized spacial score (nSPS) is 66.0. The summed E-state index contributed by atoms with van der Waals surface area (Å²) >= 11 is 0. The largest absolute Gasteiger partial charge is 0.393 e. The number of rotatable bonds is 0. The number of aliphatic hydroxyl groups is 3. The van der Waals surface area contributed by atoms with E-state index in [1.165, 1.54) is 19.3 Å². The molecule has 0 aromatic heterocycles. The number of hydrogen-bond acceptors (Lipinski definition) is 3. The van der Waals surface area contributed by atoms with Crippen molar-refractivity contribution in [1.82, 2.24) is 0 Å². The highest BCUT2D eigenvalue weighted by Crippen LogP contribution is 2.82. The predicted molar refractivity (Wildman–Crippen MR) is 83.0 cm³/mol. The zero-order chi connectivity index (χ0) is 15.3. The van der Waals surface area contributed by atoms with Crippen LogP contribution in [0.5, 0.6) is 0 Å². The average molecular weight is 306 g/mol. The molecule has 0 heterocycles. The highest BCUT2D eigenvalue weighted by molar-refractivity contribution is 5.30. The second-order valence-electron chi connectivity index (χ2n) is 9.55. The van der Waals surface area contributed by atoms with Gasteiger partial charge in [-0.3, -0.25) is 0 Å². The molecule has 5 aliphatic rings. The van der Waals surface area contributed by atoms with Crippen LogP contribution in [0.2, 0.25) is 0 Å². The lowest BCUT2D eigenvalue weighted by atomic mass is 9.50. The molecule has 0 bridgehead atoms. The summed E-state index contributed by atoms with van der Waals surface area (Å²) in [6.07, 6.45) is 9.07. The first-order chi connectivity index (χ1) is 10.5. The van der Waals surface area contributed by atoms with Crippen molar-refractivity contribution in [3.63, 3.8) is 0 Å². The molecule has 0 spiro atoms. The van der Waals surface area contributed by atoms with Crippen molar-refractivity contribution in [3.8, 4) is 0 Å². The van der Waals surface area contributed by atoms with E-state index < -0.39 is 0 Å². The Balaban J connectivity index is 1.51. The van der Waals surface area contributed by atoms with Gasteiger partial charge in [-0.15, -0.1) is 0 Å². The maximum absolute atomic E-state index is 10.9. The Morgan fingerprint density at radius 1 is 0.818 bits per heavy atom. The first kappa shape index (κ1) is 14.2. The minimum absolute atomic E-state index is 0.0524. The molecular formula is C19H30O3. The van der Waals surface area contributed by atoms with E-state index in [-0.39, 0.29) is 34.6 Å². The Kier molecular flexibility index (Phi) is 2.65. The standard InChI is InChI=1S/C19H30O3/c1-17-7-6-14-12(13(17)2-3-15(17)21)5-8-18-10-11(20)4-9-19(14,18)16(18)22/h11-16,20-22H,2-10H2,1H3/t11-,12+,13+,14+,15+,16+,17+,18-,19-/m1/s1. The van der Waals surface area contributed by atoms with Crippen LogP contribution in [-0.2, 0) is 0 Å². The van der Waals surface area contributed by atoms with Gasteiger partial charge in [-0.25, -0.2) is 0 Å². The Morgan fingerprint density at radius 2 is 1.64 bits per heavy atom. The van der Waals surface area contributed by atoms with Crippen molar-refractivity contribution in [2.24, 2.45) is 34.0 Å². The van der Waals surface area contributed by atoms with E-state index in [2.05, 4.69) is 6.92 Å². The summed E-state index contributed by atoms with van der Waals surface area (Å²) in [5, 5.41) is 31.5. The van der Waals surface area contributed by atoms with E-state index in [0.29, 0.717) is 17.8 Å². The number of fused-ring (bicyclic) bond motifs is 3. The summed E-state index contributed by atoms with van der Waals surface area (Å²) < 4.78 is 0. The maximum Gasteiger partial charge on any atom is 0.0669 e. The molecule has 22 heavy (non-hydrogen) atoms. The van der Waals surface area contributed by atoms with Gasteiger partial charge in [0.05, 0.1) is 18.3 Å². The van der Waals surface area contributed by atoms with Crippen LogP contribution in [0.15, 0.2) is 0 Å². The third-order valence-corrected chi connectivity index (χ3v) is 9.32. The van der Waals surface area contributed by atoms with Crippen LogP contribution in [0.1, 0.15) is 64.7 Å². The fourth-order valence-electron chi connectivity index (χ4n) is 8.24. The molecule has 3 N–H and O–H groups in total. The molecule has 0 aliphatic heterocycles. The minimum Gasteiger partial charge on any atom is -0.393 e. The van der Waals surface area contributed by atoms with Gasteiger partial charge in [-0.2, -0.15) is 0 Å². The zero-order valence-corrected chi connectivity index (χ0v) is 13.7. The smallest absolute Gasteiger partial charge is 0.0669 e. The van der Waals surface area contributed by atoms with Crippen LogP contribution in [0.25, 0.3) is 0 Å². The van der Waals surface area contributed by atoms with E-state index in [9.17, 15) is 15.3 Å². The van der Waals surface area contributed by atoms with Gasteiger partial charge in [0.2, 0.25) is 0 Å². The molecule has 0 amide bonds. The monoisotopic (exact) mass is 306 g/mol. The van der Waals surface area contributed by atoms with Crippen LogP contribution in [0.4, 0.5) is 0 Å². The quantitative estimate of drug-likeness (QED) is 0.644. The van der Waals surface area contributed by atoms with Gasteiger partial charge in [0.15, 0.2) is 0 Å². The van der Waals surface area contributed by atoms with E-state index in [1.807, 2.05) is 0 Å². The lowest BCUT2D eigenvalue weighted by Gasteiger charge is -2.55. The lowest BCUT2D eigenvalue weighted by molar-refractivity contribution is -0.0935. The molecule has 0 radical (unpaired) electrons. The van der Waals surface area contributed by atoms with Gasteiger partial charge in [-0.1, -0.05) is 6.92 Å². The first-order valence-corrected chi connectivity index (χ1v) is 9.50. The Labute approximate surface area is 133 Å². The third kappa shape index (κ3) is 1.33. The van der Waals surface area contributed by atoms with Crippen LogP contribution >= 0.6 is 0 Å². The zero-order valence-electron chi connectivity index (χ0n) is 13.7. The van der Waals surface area contributed by atoms with E-state index >= 15 is 0 Å². The van der Waals surface area contributed by atoms with Crippen molar-refractivity contribution in [2.45, 2.75) is 83.0 Å². The summed E-state index contributed by atoms with van der Waals surface area (Å²) in [7, 11) is 0. The van der Waals surface area contributed by atoms with Crippen LogP contribution in [0.3, 0.4) is 0 Å². The molecule has 3 heteroatoms. The molecule has 3 nitrogen and oxygen atoms in total. The summed E-state index contributed by atoms with van der Waals surface area (Å²) in [5.41, 5.74) is 0.312. The molecule has 5 saturated carbocycles. The molecule has 0 saturated heterocycles. The van der Waals surface area contributed by atoms with Gasteiger partial charge in [0.25, 0.3) is 0 Å². The Morgan fingerprint density at radius 3 is 2.45 bits per heavy atom. The van der Waals surface area contributed by atoms with E-state index in [4.69, 9.17) is 0 Å².